The number of fused-ring (bicyclic) bond motifs is 1. The molecular weight excluding hydrogens is 312 g/mol. The number of benzene rings is 1. The number of rotatable bonds is 4. The molecule has 1 amide bonds. The number of carbonyl (C=O) groups is 1. The fraction of sp³-hybridized carbons (Fsp3) is 0.300. The van der Waals surface area contributed by atoms with Crippen LogP contribution in [0.5, 0.6) is 0 Å². The number of likely N-dealkylation sites (tertiary alicyclic amines) is 1. The lowest BCUT2D eigenvalue weighted by atomic mass is 10.0. The van der Waals surface area contributed by atoms with Gasteiger partial charge in [-0.05, 0) is 30.5 Å². The van der Waals surface area contributed by atoms with Crippen LogP contribution in [0.4, 0.5) is 0 Å². The molecule has 1 aliphatic rings. The molecule has 1 atom stereocenters. The zero-order valence-electron chi connectivity index (χ0n) is 14.1. The van der Waals surface area contributed by atoms with Crippen molar-refractivity contribution in [3.05, 3.63) is 72.3 Å². The van der Waals surface area contributed by atoms with Crippen LogP contribution in [-0.2, 0) is 6.54 Å². The summed E-state index contributed by atoms with van der Waals surface area (Å²) in [5.74, 6) is 0.106. The Balaban J connectivity index is 1.40. The van der Waals surface area contributed by atoms with Crippen molar-refractivity contribution in [2.75, 3.05) is 13.1 Å². The minimum absolute atomic E-state index is 0.106. The van der Waals surface area contributed by atoms with Gasteiger partial charge in [-0.2, -0.15) is 0 Å². The van der Waals surface area contributed by atoms with E-state index in [9.17, 15) is 4.79 Å². The van der Waals surface area contributed by atoms with Gasteiger partial charge in [-0.25, -0.2) is 4.98 Å². The summed E-state index contributed by atoms with van der Waals surface area (Å²) in [5.41, 5.74) is 2.95. The molecule has 1 aliphatic heterocycles. The highest BCUT2D eigenvalue weighted by molar-refractivity contribution is 5.95. The molecule has 128 valence electrons. The average molecular weight is 334 g/mol. The highest BCUT2D eigenvalue weighted by Crippen LogP contribution is 2.16. The lowest BCUT2D eigenvalue weighted by Gasteiger charge is -2.33. The smallest absolute Gasteiger partial charge is 0.254 e. The highest BCUT2D eigenvalue weighted by Gasteiger charge is 2.24. The maximum atomic E-state index is 12.9. The minimum atomic E-state index is 0.106. The minimum Gasteiger partial charge on any atom is -0.337 e. The van der Waals surface area contributed by atoms with Crippen LogP contribution in [0.1, 0.15) is 28.8 Å². The Morgan fingerprint density at radius 2 is 2.12 bits per heavy atom. The summed E-state index contributed by atoms with van der Waals surface area (Å²) >= 11 is 0. The summed E-state index contributed by atoms with van der Waals surface area (Å²) in [6.45, 7) is 2.43. The number of imidazole rings is 1. The maximum absolute atomic E-state index is 12.9. The average Bonchev–Trinajstić information content (AvgIpc) is 3.14. The van der Waals surface area contributed by atoms with Gasteiger partial charge in [0.2, 0.25) is 0 Å². The predicted octanol–water partition coefficient (Wildman–Crippen LogP) is 2.73. The number of nitrogens with one attached hydrogen (secondary N) is 1. The molecule has 1 aromatic carbocycles. The van der Waals surface area contributed by atoms with Crippen LogP contribution < -0.4 is 5.32 Å². The van der Waals surface area contributed by atoms with Gasteiger partial charge in [0, 0.05) is 37.4 Å². The molecule has 0 radical (unpaired) electrons. The van der Waals surface area contributed by atoms with E-state index in [-0.39, 0.29) is 5.91 Å². The Hall–Kier alpha value is -2.66. The van der Waals surface area contributed by atoms with E-state index < -0.39 is 0 Å². The van der Waals surface area contributed by atoms with Crippen LogP contribution in [0.25, 0.3) is 5.52 Å². The highest BCUT2D eigenvalue weighted by atomic mass is 16.2. The molecule has 0 aliphatic carbocycles. The summed E-state index contributed by atoms with van der Waals surface area (Å²) in [5, 5.41) is 3.59. The number of amides is 1. The van der Waals surface area contributed by atoms with E-state index in [4.69, 9.17) is 0 Å². The summed E-state index contributed by atoms with van der Waals surface area (Å²) in [7, 11) is 0. The Morgan fingerprint density at radius 1 is 1.24 bits per heavy atom. The van der Waals surface area contributed by atoms with Crippen LogP contribution in [0.2, 0.25) is 0 Å². The number of hydrogen-bond donors (Lipinski definition) is 1. The zero-order valence-corrected chi connectivity index (χ0v) is 14.1. The fourth-order valence-corrected chi connectivity index (χ4v) is 3.42. The van der Waals surface area contributed by atoms with E-state index >= 15 is 0 Å². The first-order valence-electron chi connectivity index (χ1n) is 8.78. The molecule has 3 aromatic rings. The molecular formula is C20H22N4O. The molecule has 25 heavy (non-hydrogen) atoms. The number of pyridine rings is 1. The molecule has 0 unspecified atom stereocenters. The molecule has 3 heterocycles. The molecule has 5 nitrogen and oxygen atoms in total. The van der Waals surface area contributed by atoms with E-state index in [0.717, 1.165) is 43.6 Å². The first-order valence-corrected chi connectivity index (χ1v) is 8.78. The van der Waals surface area contributed by atoms with Gasteiger partial charge in [0.15, 0.2) is 0 Å². The lowest BCUT2D eigenvalue weighted by Crippen LogP contribution is -2.47. The molecule has 4 rings (SSSR count). The normalized spacial score (nSPS) is 17.8. The zero-order chi connectivity index (χ0) is 17.1. The Labute approximate surface area is 147 Å². The van der Waals surface area contributed by atoms with Gasteiger partial charge >= 0.3 is 0 Å². The standard InChI is InChI=1S/C20H22N4O/c25-20(17-8-10-24-15-21-13-19(24)11-17)23-9-4-7-18(14-23)22-12-16-5-2-1-3-6-16/h1-3,5-6,8,10-11,13,15,18,22H,4,7,9,12,14H2/t18-/m0/s1. The van der Waals surface area contributed by atoms with E-state index in [0.29, 0.717) is 6.04 Å². The first kappa shape index (κ1) is 15.8. The van der Waals surface area contributed by atoms with Crippen molar-refractivity contribution in [3.63, 3.8) is 0 Å². The Bertz CT molecular complexity index is 858. The quantitative estimate of drug-likeness (QED) is 0.798. The predicted molar refractivity (Wildman–Crippen MR) is 97.4 cm³/mol. The van der Waals surface area contributed by atoms with Gasteiger partial charge in [-0.3, -0.25) is 4.79 Å². The van der Waals surface area contributed by atoms with Crippen LogP contribution >= 0.6 is 0 Å². The fourth-order valence-electron chi connectivity index (χ4n) is 3.42. The molecule has 0 saturated carbocycles. The van der Waals surface area contributed by atoms with Gasteiger partial charge < -0.3 is 14.6 Å². The number of carbonyl (C=O) groups excluding carboxylic acids is 1. The van der Waals surface area contributed by atoms with Gasteiger partial charge in [0.1, 0.15) is 0 Å². The number of piperidine rings is 1. The largest absolute Gasteiger partial charge is 0.337 e. The van der Waals surface area contributed by atoms with Crippen molar-refractivity contribution >= 4 is 11.4 Å². The second-order valence-electron chi connectivity index (χ2n) is 6.60. The number of aromatic nitrogens is 2. The van der Waals surface area contributed by atoms with Crippen LogP contribution in [0.15, 0.2) is 61.2 Å². The van der Waals surface area contributed by atoms with Crippen LogP contribution in [-0.4, -0.2) is 39.3 Å². The summed E-state index contributed by atoms with van der Waals surface area (Å²) in [4.78, 5) is 18.9. The van der Waals surface area contributed by atoms with E-state index in [1.165, 1.54) is 5.56 Å². The lowest BCUT2D eigenvalue weighted by molar-refractivity contribution is 0.0694. The van der Waals surface area contributed by atoms with Gasteiger partial charge in [0.25, 0.3) is 5.91 Å². The Morgan fingerprint density at radius 3 is 3.00 bits per heavy atom. The molecule has 0 bridgehead atoms. The van der Waals surface area contributed by atoms with Gasteiger partial charge in [0.05, 0.1) is 18.0 Å². The molecule has 5 heteroatoms. The third kappa shape index (κ3) is 3.56. The van der Waals surface area contributed by atoms with Crippen molar-refractivity contribution in [2.24, 2.45) is 0 Å². The molecule has 1 saturated heterocycles. The molecule has 2 aromatic heterocycles. The second kappa shape index (κ2) is 7.07. The van der Waals surface area contributed by atoms with Gasteiger partial charge in [-0.15, -0.1) is 0 Å². The topological polar surface area (TPSA) is 49.6 Å². The van der Waals surface area contributed by atoms with Crippen molar-refractivity contribution in [3.8, 4) is 0 Å². The van der Waals surface area contributed by atoms with Crippen LogP contribution in [0.3, 0.4) is 0 Å². The van der Waals surface area contributed by atoms with E-state index in [2.05, 4.69) is 34.6 Å². The second-order valence-corrected chi connectivity index (χ2v) is 6.60. The SMILES string of the molecule is O=C(c1ccn2cncc2c1)N1CCC[C@H](NCc2ccccc2)C1. The Kier molecular flexibility index (Phi) is 4.48. The van der Waals surface area contributed by atoms with E-state index in [1.807, 2.05) is 33.7 Å². The summed E-state index contributed by atoms with van der Waals surface area (Å²) in [6, 6.07) is 14.5. The molecule has 0 spiro atoms. The molecule has 1 fully saturated rings. The third-order valence-electron chi connectivity index (χ3n) is 4.81. The van der Waals surface area contributed by atoms with Crippen molar-refractivity contribution < 1.29 is 4.79 Å². The van der Waals surface area contributed by atoms with E-state index in [1.54, 1.807) is 12.5 Å². The van der Waals surface area contributed by atoms with Crippen molar-refractivity contribution in [2.45, 2.75) is 25.4 Å². The van der Waals surface area contributed by atoms with Crippen molar-refractivity contribution in [1.29, 1.82) is 0 Å². The van der Waals surface area contributed by atoms with Crippen LogP contribution in [0, 0.1) is 0 Å². The monoisotopic (exact) mass is 334 g/mol. The maximum Gasteiger partial charge on any atom is 0.254 e. The summed E-state index contributed by atoms with van der Waals surface area (Å²) in [6.07, 6.45) is 7.56. The first-order chi connectivity index (χ1) is 12.3. The summed E-state index contributed by atoms with van der Waals surface area (Å²) < 4.78 is 1.91. The van der Waals surface area contributed by atoms with Crippen molar-refractivity contribution in [1.82, 2.24) is 19.6 Å². The number of nitrogens with zero attached hydrogens (tertiary/aromatic N) is 3. The number of hydrogen-bond acceptors (Lipinski definition) is 3. The van der Waals surface area contributed by atoms with Gasteiger partial charge in [-0.1, -0.05) is 30.3 Å². The third-order valence-corrected chi connectivity index (χ3v) is 4.81. The molecule has 1 N–H and O–H groups in total.